The average Bonchev–Trinajstić information content (AvgIpc) is 2.13. The molecule has 0 aromatic heterocycles. The molecule has 1 rings (SSSR count). The first kappa shape index (κ1) is 8.05. The van der Waals surface area contributed by atoms with E-state index in [0.29, 0.717) is 5.92 Å². The third-order valence-corrected chi connectivity index (χ3v) is 1.58. The van der Waals surface area contributed by atoms with Crippen molar-refractivity contribution in [3.05, 3.63) is 0 Å². The molecule has 0 aliphatic carbocycles. The maximum Gasteiger partial charge on any atom is 0.552 e. The topological polar surface area (TPSA) is 41.5 Å². The van der Waals surface area contributed by atoms with Crippen molar-refractivity contribution >= 4 is 7.25 Å². The Morgan fingerprint density at radius 3 is 2.90 bits per heavy atom. The lowest BCUT2D eigenvalue weighted by molar-refractivity contribution is 0.185. The van der Waals surface area contributed by atoms with Crippen LogP contribution in [0.5, 0.6) is 0 Å². The van der Waals surface area contributed by atoms with Gasteiger partial charge < -0.3 is 14.9 Å². The van der Waals surface area contributed by atoms with E-state index in [1.807, 2.05) is 0 Å². The molecule has 4 heteroatoms. The number of hydrogen-bond acceptors (Lipinski definition) is 3. The zero-order chi connectivity index (χ0) is 7.56. The molecule has 0 saturated carbocycles. The minimum absolute atomic E-state index is 0.204. The quantitative estimate of drug-likeness (QED) is 0.534. The predicted molar refractivity (Wildman–Crippen MR) is 40.3 cm³/mol. The van der Waals surface area contributed by atoms with Gasteiger partial charge in [0.1, 0.15) is 0 Å². The van der Waals surface area contributed by atoms with Crippen LogP contribution in [0.4, 0.5) is 0 Å². The van der Waals surface area contributed by atoms with Crippen LogP contribution in [0, 0.1) is 5.92 Å². The fourth-order valence-electron chi connectivity index (χ4n) is 1.18. The van der Waals surface area contributed by atoms with Gasteiger partial charge in [0, 0.05) is 6.54 Å². The van der Waals surface area contributed by atoms with Crippen LogP contribution in [0.2, 0.25) is 0 Å². The second-order valence-corrected chi connectivity index (χ2v) is 3.15. The Balaban J connectivity index is 2.18. The highest BCUT2D eigenvalue weighted by Gasteiger charge is 2.27. The molecule has 10 heavy (non-hydrogen) atoms. The summed E-state index contributed by atoms with van der Waals surface area (Å²) in [6, 6.07) is 0. The zero-order valence-corrected chi connectivity index (χ0v) is 6.50. The van der Waals surface area contributed by atoms with Gasteiger partial charge in [-0.25, -0.2) is 0 Å². The van der Waals surface area contributed by atoms with E-state index in [1.165, 1.54) is 0 Å². The SMILES string of the molecule is CC(C)CC1CNB(O)O1. The standard InChI is InChI=1S/C6H14BNO2/c1-5(2)3-6-4-8-7(9)10-6/h5-6,8-9H,3-4H2,1-2H3. The Labute approximate surface area is 61.9 Å². The normalized spacial score (nSPS) is 26.4. The summed E-state index contributed by atoms with van der Waals surface area (Å²) in [6.07, 6.45) is 1.22. The first-order valence-corrected chi connectivity index (χ1v) is 3.75. The third kappa shape index (κ3) is 2.29. The summed E-state index contributed by atoms with van der Waals surface area (Å²) in [7, 11) is -0.733. The number of nitrogens with one attached hydrogen (secondary N) is 1. The van der Waals surface area contributed by atoms with Gasteiger partial charge in [-0.2, -0.15) is 0 Å². The van der Waals surface area contributed by atoms with E-state index in [2.05, 4.69) is 19.1 Å². The van der Waals surface area contributed by atoms with Gasteiger partial charge in [0.25, 0.3) is 0 Å². The molecule has 1 unspecified atom stereocenters. The molecule has 1 fully saturated rings. The Bertz CT molecular complexity index is 110. The van der Waals surface area contributed by atoms with E-state index >= 15 is 0 Å². The van der Waals surface area contributed by atoms with Crippen molar-refractivity contribution in [2.45, 2.75) is 26.4 Å². The fraction of sp³-hybridized carbons (Fsp3) is 1.00. The van der Waals surface area contributed by atoms with Crippen LogP contribution in [0.1, 0.15) is 20.3 Å². The molecule has 0 amide bonds. The van der Waals surface area contributed by atoms with Crippen molar-refractivity contribution in [1.82, 2.24) is 5.23 Å². The summed E-state index contributed by atoms with van der Waals surface area (Å²) < 4.78 is 5.12. The van der Waals surface area contributed by atoms with Crippen LogP contribution in [0.25, 0.3) is 0 Å². The summed E-state index contributed by atoms with van der Waals surface area (Å²) in [5, 5.41) is 11.7. The van der Waals surface area contributed by atoms with Gasteiger partial charge in [-0.1, -0.05) is 13.8 Å². The molecular formula is C6H14BNO2. The molecule has 1 atom stereocenters. The average molecular weight is 143 g/mol. The second-order valence-electron chi connectivity index (χ2n) is 3.15. The molecule has 1 aliphatic heterocycles. The van der Waals surface area contributed by atoms with E-state index in [1.54, 1.807) is 0 Å². The molecule has 0 aromatic carbocycles. The molecule has 0 spiro atoms. The van der Waals surface area contributed by atoms with Gasteiger partial charge in [0.05, 0.1) is 6.10 Å². The van der Waals surface area contributed by atoms with Crippen LogP contribution in [-0.2, 0) is 4.65 Å². The Hall–Kier alpha value is -0.0551. The van der Waals surface area contributed by atoms with Crippen molar-refractivity contribution in [2.75, 3.05) is 6.54 Å². The van der Waals surface area contributed by atoms with E-state index in [0.717, 1.165) is 13.0 Å². The molecular weight excluding hydrogens is 129 g/mol. The molecule has 1 saturated heterocycles. The molecule has 2 N–H and O–H groups in total. The smallest absolute Gasteiger partial charge is 0.413 e. The van der Waals surface area contributed by atoms with Crippen molar-refractivity contribution in [3.8, 4) is 0 Å². The Kier molecular flexibility index (Phi) is 2.71. The van der Waals surface area contributed by atoms with Gasteiger partial charge in [-0.15, -0.1) is 0 Å². The second kappa shape index (κ2) is 3.37. The zero-order valence-electron chi connectivity index (χ0n) is 6.50. The van der Waals surface area contributed by atoms with E-state index < -0.39 is 7.25 Å². The van der Waals surface area contributed by atoms with Crippen LogP contribution in [-0.4, -0.2) is 24.9 Å². The maximum absolute atomic E-state index is 8.88. The lowest BCUT2D eigenvalue weighted by atomic mass is 10.1. The highest BCUT2D eigenvalue weighted by atomic mass is 16.5. The molecule has 1 aliphatic rings. The molecule has 0 bridgehead atoms. The van der Waals surface area contributed by atoms with Crippen LogP contribution >= 0.6 is 0 Å². The molecule has 0 aromatic rings. The molecule has 1 heterocycles. The highest BCUT2D eigenvalue weighted by molar-refractivity contribution is 6.40. The maximum atomic E-state index is 8.88. The monoisotopic (exact) mass is 143 g/mol. The Morgan fingerprint density at radius 1 is 1.80 bits per heavy atom. The molecule has 58 valence electrons. The van der Waals surface area contributed by atoms with Gasteiger partial charge in [-0.3, -0.25) is 0 Å². The summed E-state index contributed by atoms with van der Waals surface area (Å²) in [4.78, 5) is 0. The van der Waals surface area contributed by atoms with E-state index in [4.69, 9.17) is 9.68 Å². The first-order valence-electron chi connectivity index (χ1n) is 3.75. The largest absolute Gasteiger partial charge is 0.552 e. The summed E-state index contributed by atoms with van der Waals surface area (Å²) in [5.74, 6) is 0.636. The fourth-order valence-corrected chi connectivity index (χ4v) is 1.18. The van der Waals surface area contributed by atoms with Gasteiger partial charge in [-0.05, 0) is 12.3 Å². The number of rotatable bonds is 2. The van der Waals surface area contributed by atoms with Crippen molar-refractivity contribution in [2.24, 2.45) is 5.92 Å². The summed E-state index contributed by atoms with van der Waals surface area (Å²) in [6.45, 7) is 5.07. The first-order chi connectivity index (χ1) is 4.68. The summed E-state index contributed by atoms with van der Waals surface area (Å²) in [5.41, 5.74) is 0. The van der Waals surface area contributed by atoms with Crippen LogP contribution < -0.4 is 5.23 Å². The highest BCUT2D eigenvalue weighted by Crippen LogP contribution is 2.10. The van der Waals surface area contributed by atoms with Crippen LogP contribution in [0.3, 0.4) is 0 Å². The number of hydrogen-bond donors (Lipinski definition) is 2. The van der Waals surface area contributed by atoms with Crippen molar-refractivity contribution < 1.29 is 9.68 Å². The van der Waals surface area contributed by atoms with Gasteiger partial charge in [0.2, 0.25) is 0 Å². The molecule has 0 radical (unpaired) electrons. The van der Waals surface area contributed by atoms with E-state index in [9.17, 15) is 0 Å². The third-order valence-electron chi connectivity index (χ3n) is 1.58. The lowest BCUT2D eigenvalue weighted by Crippen LogP contribution is -2.27. The minimum Gasteiger partial charge on any atom is -0.413 e. The van der Waals surface area contributed by atoms with Crippen molar-refractivity contribution in [1.29, 1.82) is 0 Å². The minimum atomic E-state index is -0.733. The van der Waals surface area contributed by atoms with E-state index in [-0.39, 0.29) is 6.10 Å². The van der Waals surface area contributed by atoms with Gasteiger partial charge in [0.15, 0.2) is 0 Å². The Morgan fingerprint density at radius 2 is 2.50 bits per heavy atom. The van der Waals surface area contributed by atoms with Gasteiger partial charge >= 0.3 is 7.25 Å². The summed E-state index contributed by atoms with van der Waals surface area (Å²) >= 11 is 0. The predicted octanol–water partition coefficient (Wildman–Crippen LogP) is -0.00190. The van der Waals surface area contributed by atoms with Crippen LogP contribution in [0.15, 0.2) is 0 Å². The lowest BCUT2D eigenvalue weighted by Gasteiger charge is -2.10. The van der Waals surface area contributed by atoms with Crippen molar-refractivity contribution in [3.63, 3.8) is 0 Å². The molecule has 3 nitrogen and oxygen atoms in total.